The number of carboxylic acid groups (broad SMARTS) is 2. The zero-order valence-corrected chi connectivity index (χ0v) is 16.6. The van der Waals surface area contributed by atoms with E-state index in [1.165, 1.54) is 0 Å². The van der Waals surface area contributed by atoms with Gasteiger partial charge in [0.25, 0.3) is 0 Å². The van der Waals surface area contributed by atoms with Crippen molar-refractivity contribution in [1.29, 1.82) is 0 Å². The molecule has 0 spiro atoms. The predicted octanol–water partition coefficient (Wildman–Crippen LogP) is -10.4. The number of carboxylic acids is 2. The van der Waals surface area contributed by atoms with E-state index in [4.69, 9.17) is 25.0 Å². The Kier molecular flexibility index (Phi) is 31.3. The number of hydrogen-bond acceptors (Lipinski definition) is 9. The quantitative estimate of drug-likeness (QED) is 0.386. The van der Waals surface area contributed by atoms with Crippen LogP contribution in [-0.4, -0.2) is 78.8 Å². The van der Waals surface area contributed by atoms with Crippen molar-refractivity contribution in [3.05, 3.63) is 0 Å². The summed E-state index contributed by atoms with van der Waals surface area (Å²) in [5.41, 5.74) is 4.73. The second kappa shape index (κ2) is 16.7. The molecule has 0 heterocycles. The Morgan fingerprint density at radius 1 is 1.18 bits per heavy atom. The molecule has 0 aliphatic rings. The molecule has 9 nitrogen and oxygen atoms in total. The van der Waals surface area contributed by atoms with Crippen LogP contribution in [0, 0.1) is 0 Å². The number of aliphatic carboxylic acids is 2. The number of carbonyl (C=O) groups excluding carboxylic acids is 2. The Morgan fingerprint density at radius 3 is 1.47 bits per heavy atom. The molecule has 84 valence electrons. The molecule has 0 aromatic heterocycles. The molecule has 0 saturated heterocycles. The molecule has 17 heavy (non-hydrogen) atoms. The molecule has 0 rings (SSSR count). The molecule has 0 bridgehead atoms. The van der Waals surface area contributed by atoms with Crippen molar-refractivity contribution in [1.82, 2.24) is 0 Å². The van der Waals surface area contributed by atoms with Gasteiger partial charge in [0.05, 0.1) is 5.97 Å². The average molecular weight is 330 g/mol. The number of hydrogen-bond donors (Lipinski definition) is 1. The molecule has 0 aromatic carbocycles. The summed E-state index contributed by atoms with van der Waals surface area (Å²) in [6.45, 7) is 0. The first kappa shape index (κ1) is 31.9. The fraction of sp³-hybridized carbons (Fsp3) is 0.500. The van der Waals surface area contributed by atoms with Crippen LogP contribution in [-0.2, 0) is 14.2 Å². The van der Waals surface area contributed by atoms with Gasteiger partial charge in [0.2, 0.25) is 0 Å². The number of nitrogens with two attached hydrogens (primary N) is 1. The molecule has 0 fully saturated rings. The van der Waals surface area contributed by atoms with Gasteiger partial charge in [0.1, 0.15) is 0 Å². The van der Waals surface area contributed by atoms with Crippen molar-refractivity contribution in [3.63, 3.8) is 0 Å². The SMILES string of the molecule is NC(CC(=O)[O-])C(=O)[O-].O=P([O-])([O-])[O-].[Ca+2].[K+].[Mg+2]. The van der Waals surface area contributed by atoms with E-state index in [0.717, 1.165) is 0 Å². The van der Waals surface area contributed by atoms with Crippen LogP contribution >= 0.6 is 7.82 Å². The minimum atomic E-state index is -5.39. The van der Waals surface area contributed by atoms with Crippen LogP contribution in [0.3, 0.4) is 0 Å². The van der Waals surface area contributed by atoms with Gasteiger partial charge in [-0.2, -0.15) is 7.82 Å². The van der Waals surface area contributed by atoms with Gasteiger partial charge in [0, 0.05) is 18.4 Å². The summed E-state index contributed by atoms with van der Waals surface area (Å²) in [6, 6.07) is -1.46. The smallest absolute Gasteiger partial charge is 0.822 e. The molecule has 0 aromatic rings. The van der Waals surface area contributed by atoms with E-state index < -0.39 is 32.2 Å². The van der Waals surface area contributed by atoms with Crippen LogP contribution in [0.4, 0.5) is 0 Å². The van der Waals surface area contributed by atoms with Crippen molar-refractivity contribution in [2.24, 2.45) is 5.73 Å². The Bertz CT molecular complexity index is 254. The fourth-order valence-electron chi connectivity index (χ4n) is 0.263. The minimum absolute atomic E-state index is 0. The largest absolute Gasteiger partial charge is 2.00 e. The molecule has 0 aliphatic heterocycles. The van der Waals surface area contributed by atoms with Gasteiger partial charge in [-0.05, 0) is 0 Å². The summed E-state index contributed by atoms with van der Waals surface area (Å²) in [4.78, 5) is 45.0. The Labute approximate surface area is 185 Å². The van der Waals surface area contributed by atoms with E-state index in [2.05, 4.69) is 0 Å². The predicted molar refractivity (Wildman–Crippen MR) is 41.7 cm³/mol. The second-order valence-electron chi connectivity index (χ2n) is 1.95. The first-order valence-corrected chi connectivity index (χ1v) is 4.39. The molecule has 0 radical (unpaired) electrons. The molecule has 1 unspecified atom stereocenters. The first-order valence-electron chi connectivity index (χ1n) is 2.93. The number of rotatable bonds is 3. The van der Waals surface area contributed by atoms with E-state index in [-0.39, 0.29) is 112 Å². The third kappa shape index (κ3) is 45.6. The summed E-state index contributed by atoms with van der Waals surface area (Å²) in [7, 11) is -5.39. The van der Waals surface area contributed by atoms with Gasteiger partial charge in [-0.3, -0.25) is 0 Å². The Balaban J connectivity index is -0.0000000533. The third-order valence-corrected chi connectivity index (χ3v) is 0.689. The van der Waals surface area contributed by atoms with Crippen LogP contribution in [0.25, 0.3) is 0 Å². The van der Waals surface area contributed by atoms with Gasteiger partial charge in [0.15, 0.2) is 0 Å². The number of carbonyl (C=O) groups is 2. The molecule has 0 aliphatic carbocycles. The van der Waals surface area contributed by atoms with Gasteiger partial charge < -0.3 is 44.8 Å². The Hall–Kier alpha value is 2.67. The molecule has 2 N–H and O–H groups in total. The summed E-state index contributed by atoms with van der Waals surface area (Å²) in [5, 5.41) is 19.3. The fourth-order valence-corrected chi connectivity index (χ4v) is 0.263. The van der Waals surface area contributed by atoms with Crippen molar-refractivity contribution >= 4 is 80.6 Å². The van der Waals surface area contributed by atoms with Crippen LogP contribution in [0.15, 0.2) is 0 Å². The van der Waals surface area contributed by atoms with Crippen LogP contribution < -0.4 is 82.0 Å². The summed E-state index contributed by atoms with van der Waals surface area (Å²) >= 11 is 0. The summed E-state index contributed by atoms with van der Waals surface area (Å²) in [5.74, 6) is -3.08. The first-order chi connectivity index (χ1) is 6.04. The maximum atomic E-state index is 9.71. The number of phosphoric acid groups is 1. The second-order valence-corrected chi connectivity index (χ2v) is 2.84. The maximum Gasteiger partial charge on any atom is 2.00 e. The zero-order chi connectivity index (χ0) is 11.9. The summed E-state index contributed by atoms with van der Waals surface area (Å²) in [6.07, 6.45) is -0.706. The van der Waals surface area contributed by atoms with Gasteiger partial charge >= 0.3 is 112 Å². The topological polar surface area (TPSA) is 193 Å². The maximum absolute atomic E-state index is 9.71. The Morgan fingerprint density at radius 2 is 1.41 bits per heavy atom. The normalized spacial score (nSPS) is 10.1. The van der Waals surface area contributed by atoms with Crippen molar-refractivity contribution < 1.29 is 90.4 Å². The van der Waals surface area contributed by atoms with Crippen molar-refractivity contribution in [3.8, 4) is 0 Å². The van der Waals surface area contributed by atoms with Gasteiger partial charge in [-0.25, -0.2) is 0 Å². The van der Waals surface area contributed by atoms with Crippen LogP contribution in [0.5, 0.6) is 0 Å². The van der Waals surface area contributed by atoms with Crippen LogP contribution in [0.2, 0.25) is 0 Å². The van der Waals surface area contributed by atoms with E-state index in [1.807, 2.05) is 0 Å². The third-order valence-electron chi connectivity index (χ3n) is 0.689. The van der Waals surface area contributed by atoms with Crippen molar-refractivity contribution in [2.45, 2.75) is 12.5 Å². The molecule has 0 amide bonds. The van der Waals surface area contributed by atoms with Crippen molar-refractivity contribution in [2.75, 3.05) is 0 Å². The van der Waals surface area contributed by atoms with E-state index >= 15 is 0 Å². The monoisotopic (exact) mass is 329 g/mol. The molecule has 0 saturated carbocycles. The molecule has 13 heteroatoms. The van der Waals surface area contributed by atoms with Crippen LogP contribution in [0.1, 0.15) is 6.42 Å². The van der Waals surface area contributed by atoms with E-state index in [9.17, 15) is 19.8 Å². The van der Waals surface area contributed by atoms with E-state index in [1.54, 1.807) is 0 Å². The molecule has 1 atom stereocenters. The molecular weight excluding hydrogens is 324 g/mol. The standard InChI is InChI=1S/C4H7NO4.Ca.K.Mg.H3O4P/c5-2(4(8)9)1-3(6)7;;;;1-5(2,3)4/h2H,1,5H2,(H,6,7)(H,8,9);;;;(H3,1,2,3,4)/q;+2;+1;+2;/p-5. The zero-order valence-electron chi connectivity index (χ0n) is 8.99. The summed E-state index contributed by atoms with van der Waals surface area (Å²) < 4.78 is 8.55. The average Bonchev–Trinajstić information content (AvgIpc) is 1.80. The van der Waals surface area contributed by atoms with Gasteiger partial charge in [-0.15, -0.1) is 0 Å². The van der Waals surface area contributed by atoms with E-state index in [0.29, 0.717) is 0 Å². The van der Waals surface area contributed by atoms with Gasteiger partial charge in [-0.1, -0.05) is 0 Å². The molecular formula is C4H5CaKMgNO8P. The minimum Gasteiger partial charge on any atom is -0.822 e.